The van der Waals surface area contributed by atoms with Gasteiger partial charge in [-0.25, -0.2) is 0 Å². The maximum atomic E-state index is 2.50. The van der Waals surface area contributed by atoms with Crippen molar-refractivity contribution in [1.82, 2.24) is 0 Å². The van der Waals surface area contributed by atoms with Crippen molar-refractivity contribution < 1.29 is 0 Å². The van der Waals surface area contributed by atoms with Gasteiger partial charge in [0.05, 0.1) is 0 Å². The van der Waals surface area contributed by atoms with E-state index in [1.165, 1.54) is 59.9 Å². The molecule has 2 atom stereocenters. The fourth-order valence-electron chi connectivity index (χ4n) is 6.64. The molecule has 0 spiro atoms. The van der Waals surface area contributed by atoms with E-state index < -0.39 is 15.8 Å². The van der Waals surface area contributed by atoms with E-state index in [-0.39, 0.29) is 0 Å². The van der Waals surface area contributed by atoms with E-state index in [2.05, 4.69) is 174 Å². The van der Waals surface area contributed by atoms with Gasteiger partial charge in [-0.15, -0.1) is 0 Å². The maximum Gasteiger partial charge on any atom is 0.00982 e. The summed E-state index contributed by atoms with van der Waals surface area (Å²) in [7, 11) is -1.31. The Morgan fingerprint density at radius 1 is 0.535 bits per heavy atom. The Morgan fingerprint density at radius 2 is 1.00 bits per heavy atom. The van der Waals surface area contributed by atoms with Crippen molar-refractivity contribution in [2.45, 2.75) is 40.3 Å². The lowest BCUT2D eigenvalue weighted by atomic mass is 9.93. The second-order valence-electron chi connectivity index (χ2n) is 11.9. The number of rotatable bonds is 8. The fraction of sp³-hybridized carbons (Fsp3) is 0.171. The second-order valence-corrected chi connectivity index (χ2v) is 16.6. The highest BCUT2D eigenvalue weighted by Gasteiger charge is 2.33. The first-order valence-electron chi connectivity index (χ1n) is 15.2. The van der Waals surface area contributed by atoms with E-state index in [1.54, 1.807) is 0 Å². The first-order valence-corrected chi connectivity index (χ1v) is 18.0. The van der Waals surface area contributed by atoms with E-state index in [1.807, 2.05) is 0 Å². The lowest BCUT2D eigenvalue weighted by Crippen LogP contribution is -2.28. The largest absolute Gasteiger partial charge is 0.0763 e. The van der Waals surface area contributed by atoms with Crippen LogP contribution >= 0.6 is 15.8 Å². The molecule has 0 nitrogen and oxygen atoms in total. The van der Waals surface area contributed by atoms with Crippen LogP contribution in [0.5, 0.6) is 0 Å². The molecule has 0 bridgehead atoms. The van der Waals surface area contributed by atoms with Crippen molar-refractivity contribution in [3.05, 3.63) is 167 Å². The minimum atomic E-state index is -0.705. The average molecular weight is 595 g/mol. The first kappa shape index (κ1) is 29.5. The van der Waals surface area contributed by atoms with Crippen LogP contribution < -0.4 is 26.5 Å². The number of aryl methyl sites for hydroxylation is 4. The molecule has 6 rings (SSSR count). The van der Waals surface area contributed by atoms with Crippen LogP contribution in [0, 0.1) is 33.6 Å². The molecule has 0 N–H and O–H groups in total. The number of benzene rings is 5. The highest BCUT2D eigenvalue weighted by atomic mass is 31.1. The zero-order valence-corrected chi connectivity index (χ0v) is 27.6. The van der Waals surface area contributed by atoms with Crippen LogP contribution in [0.4, 0.5) is 0 Å². The van der Waals surface area contributed by atoms with E-state index in [4.69, 9.17) is 0 Å². The van der Waals surface area contributed by atoms with Crippen molar-refractivity contribution in [2.75, 3.05) is 0 Å². The lowest BCUT2D eigenvalue weighted by Gasteiger charge is -2.33. The molecule has 1 aliphatic carbocycles. The van der Waals surface area contributed by atoms with Gasteiger partial charge in [-0.2, -0.15) is 0 Å². The predicted molar refractivity (Wildman–Crippen MR) is 193 cm³/mol. The zero-order chi connectivity index (χ0) is 29.9. The Morgan fingerprint density at radius 3 is 1.51 bits per heavy atom. The smallest absolute Gasteiger partial charge is 0.00982 e. The van der Waals surface area contributed by atoms with Crippen molar-refractivity contribution in [3.63, 3.8) is 0 Å². The summed E-state index contributed by atoms with van der Waals surface area (Å²) >= 11 is 0. The van der Waals surface area contributed by atoms with Gasteiger partial charge in [0, 0.05) is 5.92 Å². The minimum absolute atomic E-state index is 0.331. The van der Waals surface area contributed by atoms with Crippen LogP contribution in [0.25, 0.3) is 5.57 Å². The molecule has 43 heavy (non-hydrogen) atoms. The molecule has 0 heterocycles. The summed E-state index contributed by atoms with van der Waals surface area (Å²) in [5.41, 5.74) is 8.65. The third-order valence-corrected chi connectivity index (χ3v) is 13.6. The first-order chi connectivity index (χ1) is 20.9. The van der Waals surface area contributed by atoms with Gasteiger partial charge in [0.2, 0.25) is 0 Å². The van der Waals surface area contributed by atoms with Gasteiger partial charge in [0.1, 0.15) is 0 Å². The standard InChI is InChI=1S/C41H40P2/c1-29-23-30(2)26-36(25-29)42(37-27-31(3)24-32(4)28-37)33(5)38-20-14-21-39(38)40-19-12-13-22-41(40)43(34-15-8-6-9-16-34)35-17-10-7-11-18-35/h6-28,33,38H,1-5H3/t33-,38+/m1/s1. The third kappa shape index (κ3) is 6.38. The quantitative estimate of drug-likeness (QED) is 0.158. The number of hydrogen-bond acceptors (Lipinski definition) is 0. The molecule has 0 aliphatic heterocycles. The highest BCUT2D eigenvalue weighted by Crippen LogP contribution is 2.49. The lowest BCUT2D eigenvalue weighted by molar-refractivity contribution is 0.817. The van der Waals surface area contributed by atoms with E-state index in [0.29, 0.717) is 11.6 Å². The van der Waals surface area contributed by atoms with Gasteiger partial charge in [0.25, 0.3) is 0 Å². The van der Waals surface area contributed by atoms with E-state index >= 15 is 0 Å². The highest BCUT2D eigenvalue weighted by molar-refractivity contribution is 7.80. The Bertz CT molecular complexity index is 1650. The van der Waals surface area contributed by atoms with Crippen molar-refractivity contribution in [1.29, 1.82) is 0 Å². The minimum Gasteiger partial charge on any atom is -0.0763 e. The Hall–Kier alpha value is -3.56. The predicted octanol–water partition coefficient (Wildman–Crippen LogP) is 8.77. The SMILES string of the molecule is Cc1cc(C)cc(P(c2cc(C)cc(C)c2)[C@H](C)[C@@H]2C=CC=C2c2ccccc2P(c2ccccc2)c2ccccc2)c1. The van der Waals surface area contributed by atoms with Crippen LogP contribution in [0.3, 0.4) is 0 Å². The summed E-state index contributed by atoms with van der Waals surface area (Å²) in [6.07, 6.45) is 7.15. The molecule has 0 amide bonds. The number of allylic oxidation sites excluding steroid dienone is 4. The van der Waals surface area contributed by atoms with Gasteiger partial charge in [0.15, 0.2) is 0 Å². The summed E-state index contributed by atoms with van der Waals surface area (Å²) < 4.78 is 0. The van der Waals surface area contributed by atoms with Gasteiger partial charge < -0.3 is 0 Å². The molecule has 5 aromatic rings. The maximum absolute atomic E-state index is 2.50. The molecule has 2 heteroatoms. The van der Waals surface area contributed by atoms with E-state index in [9.17, 15) is 0 Å². The zero-order valence-electron chi connectivity index (χ0n) is 25.8. The van der Waals surface area contributed by atoms with Crippen molar-refractivity contribution >= 4 is 47.9 Å². The molecule has 0 saturated heterocycles. The van der Waals surface area contributed by atoms with E-state index in [0.717, 1.165) is 0 Å². The Labute approximate surface area is 260 Å². The molecular weight excluding hydrogens is 554 g/mol. The summed E-state index contributed by atoms with van der Waals surface area (Å²) in [6.45, 7) is 11.5. The second kappa shape index (κ2) is 13.0. The molecular formula is C41H40P2. The molecule has 0 saturated carbocycles. The van der Waals surface area contributed by atoms with Crippen LogP contribution in [-0.2, 0) is 0 Å². The molecule has 214 valence electrons. The van der Waals surface area contributed by atoms with Gasteiger partial charge in [-0.1, -0.05) is 169 Å². The Kier molecular flexibility index (Phi) is 8.90. The molecule has 5 aromatic carbocycles. The van der Waals surface area contributed by atoms with Gasteiger partial charge in [-0.05, 0) is 86.9 Å². The van der Waals surface area contributed by atoms with Crippen LogP contribution in [0.2, 0.25) is 0 Å². The summed E-state index contributed by atoms with van der Waals surface area (Å²) in [6, 6.07) is 45.7. The molecule has 0 fully saturated rings. The van der Waals surface area contributed by atoms with Crippen molar-refractivity contribution in [3.8, 4) is 0 Å². The number of hydrogen-bond donors (Lipinski definition) is 0. The molecule has 0 unspecified atom stereocenters. The third-order valence-electron chi connectivity index (χ3n) is 8.33. The van der Waals surface area contributed by atoms with Crippen LogP contribution in [0.1, 0.15) is 34.7 Å². The fourth-order valence-corrected chi connectivity index (χ4v) is 12.3. The summed E-state index contributed by atoms with van der Waals surface area (Å²) in [5.74, 6) is 0.331. The molecule has 1 aliphatic rings. The molecule has 0 aromatic heterocycles. The summed E-state index contributed by atoms with van der Waals surface area (Å²) in [4.78, 5) is 0. The normalized spacial score (nSPS) is 15.2. The van der Waals surface area contributed by atoms with Crippen LogP contribution in [-0.4, -0.2) is 5.66 Å². The summed E-state index contributed by atoms with van der Waals surface area (Å²) in [5, 5.41) is 7.17. The van der Waals surface area contributed by atoms with Crippen LogP contribution in [0.15, 0.2) is 140 Å². The van der Waals surface area contributed by atoms with Crippen molar-refractivity contribution in [2.24, 2.45) is 5.92 Å². The molecule has 0 radical (unpaired) electrons. The topological polar surface area (TPSA) is 0 Å². The monoisotopic (exact) mass is 594 g/mol. The van der Waals surface area contributed by atoms with Gasteiger partial charge >= 0.3 is 0 Å². The van der Waals surface area contributed by atoms with Gasteiger partial charge in [-0.3, -0.25) is 0 Å². The average Bonchev–Trinajstić information content (AvgIpc) is 3.48. The Balaban J connectivity index is 1.46.